The summed E-state index contributed by atoms with van der Waals surface area (Å²) in [6.45, 7) is 0. The number of hydrazone groups is 1. The van der Waals surface area contributed by atoms with Gasteiger partial charge in [-0.3, -0.25) is 15.5 Å². The number of phenols is 2. The van der Waals surface area contributed by atoms with Gasteiger partial charge in [0.2, 0.25) is 5.75 Å². The van der Waals surface area contributed by atoms with Crippen molar-refractivity contribution in [2.24, 2.45) is 5.10 Å². The van der Waals surface area contributed by atoms with Crippen molar-refractivity contribution in [2.45, 2.75) is 12.6 Å². The zero-order chi connectivity index (χ0) is 22.6. The number of rotatable bonds is 6. The summed E-state index contributed by atoms with van der Waals surface area (Å²) >= 11 is 0. The Bertz CT molecular complexity index is 1120. The number of aromatic hydroxyl groups is 2. The van der Waals surface area contributed by atoms with Crippen LogP contribution in [0.2, 0.25) is 0 Å². The van der Waals surface area contributed by atoms with Crippen LogP contribution in [0.1, 0.15) is 16.7 Å². The molecule has 0 saturated carbocycles. The molecule has 160 valence electrons. The van der Waals surface area contributed by atoms with Crippen molar-refractivity contribution in [2.75, 3.05) is 5.43 Å². The minimum Gasteiger partial charge on any atom is -0.504 e. The van der Waals surface area contributed by atoms with Gasteiger partial charge in [-0.25, -0.2) is 0 Å². The molecule has 0 heterocycles. The van der Waals surface area contributed by atoms with Crippen molar-refractivity contribution < 1.29 is 28.3 Å². The molecule has 0 fully saturated rings. The summed E-state index contributed by atoms with van der Waals surface area (Å²) in [6.07, 6.45) is -4.28. The first kappa shape index (κ1) is 21.6. The number of anilines is 1. The summed E-state index contributed by atoms with van der Waals surface area (Å²) in [5, 5.41) is 35.0. The van der Waals surface area contributed by atoms with E-state index in [0.29, 0.717) is 0 Å². The van der Waals surface area contributed by atoms with Crippen LogP contribution in [0.3, 0.4) is 0 Å². The van der Waals surface area contributed by atoms with Gasteiger partial charge in [0.25, 0.3) is 0 Å². The van der Waals surface area contributed by atoms with Crippen molar-refractivity contribution in [3.8, 4) is 11.5 Å². The number of nitro groups is 1. The predicted octanol–water partition coefficient (Wildman–Crippen LogP) is 5.08. The Labute approximate surface area is 174 Å². The van der Waals surface area contributed by atoms with Gasteiger partial charge in [-0.2, -0.15) is 18.3 Å². The Morgan fingerprint density at radius 3 is 2.26 bits per heavy atom. The molecule has 0 bridgehead atoms. The van der Waals surface area contributed by atoms with E-state index in [4.69, 9.17) is 0 Å². The highest BCUT2D eigenvalue weighted by Gasteiger charge is 2.30. The topological polar surface area (TPSA) is 108 Å². The Morgan fingerprint density at radius 2 is 1.68 bits per heavy atom. The average molecular weight is 431 g/mol. The molecule has 0 saturated heterocycles. The van der Waals surface area contributed by atoms with E-state index in [9.17, 15) is 33.5 Å². The zero-order valence-corrected chi connectivity index (χ0v) is 15.8. The molecule has 0 amide bonds. The number of alkyl halides is 3. The van der Waals surface area contributed by atoms with Crippen molar-refractivity contribution in [1.29, 1.82) is 0 Å². The monoisotopic (exact) mass is 431 g/mol. The number of hydrogen-bond donors (Lipinski definition) is 3. The van der Waals surface area contributed by atoms with Crippen LogP contribution in [0.5, 0.6) is 11.5 Å². The Morgan fingerprint density at radius 1 is 1.03 bits per heavy atom. The van der Waals surface area contributed by atoms with E-state index in [2.05, 4.69) is 10.5 Å². The molecule has 0 radical (unpaired) electrons. The molecule has 0 aliphatic carbocycles. The van der Waals surface area contributed by atoms with Gasteiger partial charge < -0.3 is 10.2 Å². The van der Waals surface area contributed by atoms with E-state index in [1.54, 1.807) is 30.3 Å². The number of hydrogen-bond acceptors (Lipinski definition) is 6. The van der Waals surface area contributed by atoms with Crippen LogP contribution in [-0.2, 0) is 12.6 Å². The Hall–Kier alpha value is -4.08. The van der Waals surface area contributed by atoms with Crippen LogP contribution in [-0.4, -0.2) is 20.8 Å². The Balaban J connectivity index is 1.98. The van der Waals surface area contributed by atoms with Gasteiger partial charge in [-0.15, -0.1) is 0 Å². The molecule has 3 aromatic rings. The SMILES string of the molecule is O=[N+]([O-])c1cc(/C(Cc2ccccc2)=N/Nc2ccc(C(F)(F)F)cc2)cc(O)c1O. The molecule has 0 aromatic heterocycles. The molecule has 3 rings (SSSR count). The molecular formula is C21H16F3N3O4. The highest BCUT2D eigenvalue weighted by Crippen LogP contribution is 2.36. The van der Waals surface area contributed by atoms with E-state index in [-0.39, 0.29) is 23.4 Å². The molecule has 0 atom stereocenters. The summed E-state index contributed by atoms with van der Waals surface area (Å²) < 4.78 is 38.2. The van der Waals surface area contributed by atoms with E-state index < -0.39 is 33.8 Å². The third-order valence-electron chi connectivity index (χ3n) is 4.35. The summed E-state index contributed by atoms with van der Waals surface area (Å²) in [7, 11) is 0. The van der Waals surface area contributed by atoms with Gasteiger partial charge in [0.15, 0.2) is 5.75 Å². The van der Waals surface area contributed by atoms with Gasteiger partial charge >= 0.3 is 11.9 Å². The first-order valence-electron chi connectivity index (χ1n) is 8.89. The zero-order valence-electron chi connectivity index (χ0n) is 15.8. The van der Waals surface area contributed by atoms with Crippen LogP contribution in [0, 0.1) is 10.1 Å². The minimum atomic E-state index is -4.47. The number of phenolic OH excluding ortho intramolecular Hbond substituents is 2. The van der Waals surface area contributed by atoms with Crippen molar-refractivity contribution >= 4 is 17.1 Å². The lowest BCUT2D eigenvalue weighted by molar-refractivity contribution is -0.386. The van der Waals surface area contributed by atoms with Gasteiger partial charge in [0, 0.05) is 18.1 Å². The number of halogens is 3. The molecule has 10 heteroatoms. The van der Waals surface area contributed by atoms with Crippen molar-refractivity contribution in [1.82, 2.24) is 0 Å². The molecule has 31 heavy (non-hydrogen) atoms. The van der Waals surface area contributed by atoms with Crippen LogP contribution in [0.25, 0.3) is 0 Å². The van der Waals surface area contributed by atoms with Crippen LogP contribution in [0.4, 0.5) is 24.5 Å². The molecule has 0 spiro atoms. The smallest absolute Gasteiger partial charge is 0.416 e. The summed E-state index contributed by atoms with van der Waals surface area (Å²) in [6, 6.07) is 15.3. The fraction of sp³-hybridized carbons (Fsp3) is 0.0952. The fourth-order valence-corrected chi connectivity index (χ4v) is 2.77. The van der Waals surface area contributed by atoms with Crippen LogP contribution < -0.4 is 5.43 Å². The first-order chi connectivity index (χ1) is 14.6. The lowest BCUT2D eigenvalue weighted by Crippen LogP contribution is -2.09. The van der Waals surface area contributed by atoms with Gasteiger partial charge in [-0.05, 0) is 35.9 Å². The maximum absolute atomic E-state index is 12.7. The number of benzene rings is 3. The third-order valence-corrected chi connectivity index (χ3v) is 4.35. The average Bonchev–Trinajstić information content (AvgIpc) is 2.73. The second-order valence-corrected chi connectivity index (χ2v) is 6.53. The number of nitro benzene ring substituents is 1. The molecule has 7 nitrogen and oxygen atoms in total. The lowest BCUT2D eigenvalue weighted by atomic mass is 10.0. The van der Waals surface area contributed by atoms with Gasteiger partial charge in [0.05, 0.1) is 21.9 Å². The summed E-state index contributed by atoms with van der Waals surface area (Å²) in [4.78, 5) is 10.3. The lowest BCUT2D eigenvalue weighted by Gasteiger charge is -2.11. The predicted molar refractivity (Wildman–Crippen MR) is 108 cm³/mol. The second-order valence-electron chi connectivity index (χ2n) is 6.53. The van der Waals surface area contributed by atoms with E-state index in [1.807, 2.05) is 0 Å². The maximum atomic E-state index is 12.7. The largest absolute Gasteiger partial charge is 0.504 e. The van der Waals surface area contributed by atoms with Gasteiger partial charge in [-0.1, -0.05) is 30.3 Å². The quantitative estimate of drug-likeness (QED) is 0.218. The highest BCUT2D eigenvalue weighted by atomic mass is 19.4. The van der Waals surface area contributed by atoms with Crippen LogP contribution >= 0.6 is 0 Å². The fourth-order valence-electron chi connectivity index (χ4n) is 2.77. The standard InChI is InChI=1S/C21H16F3N3O4/c22-21(23,24)15-6-8-16(9-7-15)25-26-17(10-13-4-2-1-3-5-13)14-11-18(27(30)31)20(29)19(28)12-14/h1-9,11-12,25,28-29H,10H2/b26-17+. The van der Waals surface area contributed by atoms with E-state index in [1.165, 1.54) is 12.1 Å². The Kier molecular flexibility index (Phi) is 6.10. The molecule has 3 aromatic carbocycles. The molecule has 0 aliphatic rings. The molecule has 0 aliphatic heterocycles. The molecule has 3 N–H and O–H groups in total. The molecule has 0 unspecified atom stereocenters. The van der Waals surface area contributed by atoms with Crippen molar-refractivity contribution in [3.05, 3.63) is 93.5 Å². The maximum Gasteiger partial charge on any atom is 0.416 e. The summed E-state index contributed by atoms with van der Waals surface area (Å²) in [5.41, 5.74) is 2.58. The summed E-state index contributed by atoms with van der Waals surface area (Å²) in [5.74, 6) is -1.57. The second kappa shape index (κ2) is 8.74. The first-order valence-corrected chi connectivity index (χ1v) is 8.89. The third kappa shape index (κ3) is 5.30. The van der Waals surface area contributed by atoms with Gasteiger partial charge in [0.1, 0.15) is 0 Å². The minimum absolute atomic E-state index is 0.158. The van der Waals surface area contributed by atoms with Crippen molar-refractivity contribution in [3.63, 3.8) is 0 Å². The molecular weight excluding hydrogens is 415 g/mol. The number of nitrogens with one attached hydrogen (secondary N) is 1. The highest BCUT2D eigenvalue weighted by molar-refractivity contribution is 6.03. The van der Waals surface area contributed by atoms with E-state index in [0.717, 1.165) is 29.8 Å². The number of nitrogens with zero attached hydrogens (tertiary/aromatic N) is 2. The van der Waals surface area contributed by atoms with E-state index >= 15 is 0 Å². The van der Waals surface area contributed by atoms with Crippen LogP contribution in [0.15, 0.2) is 71.8 Å². The normalized spacial score (nSPS) is 11.9.